The van der Waals surface area contributed by atoms with E-state index in [0.29, 0.717) is 28.7 Å². The van der Waals surface area contributed by atoms with Crippen LogP contribution in [0.15, 0.2) is 54.3 Å². The van der Waals surface area contributed by atoms with E-state index in [4.69, 9.17) is 42.3 Å². The lowest BCUT2D eigenvalue weighted by atomic mass is 9.80. The third-order valence-corrected chi connectivity index (χ3v) is 10.8. The fourth-order valence-corrected chi connectivity index (χ4v) is 5.88. The minimum Gasteiger partial charge on any atom is -0.532 e. The molecule has 1 fully saturated rings. The summed E-state index contributed by atoms with van der Waals surface area (Å²) in [5, 5.41) is 29.6. The first-order chi connectivity index (χ1) is 30.3. The van der Waals surface area contributed by atoms with Gasteiger partial charge in [0.2, 0.25) is 0 Å². The molecule has 3 N–H and O–H groups in total. The smallest absolute Gasteiger partial charge is 0.532 e. The van der Waals surface area contributed by atoms with E-state index in [1.54, 1.807) is 84.7 Å². The molecule has 3 heterocycles. The summed E-state index contributed by atoms with van der Waals surface area (Å²) in [7, 11) is -2.53. The Morgan fingerprint density at radius 2 is 1.23 bits per heavy atom. The maximum absolute atomic E-state index is 14.1. The minimum atomic E-state index is -1.18. The zero-order valence-corrected chi connectivity index (χ0v) is 38.2. The van der Waals surface area contributed by atoms with Gasteiger partial charge >= 0.3 is 39.4 Å². The molecule has 1 saturated heterocycles. The van der Waals surface area contributed by atoms with Gasteiger partial charge in [0.05, 0.1) is 35.6 Å². The first-order valence-corrected chi connectivity index (χ1v) is 20.6. The molecule has 0 amide bonds. The van der Waals surface area contributed by atoms with Crippen molar-refractivity contribution >= 4 is 57.7 Å². The van der Waals surface area contributed by atoms with Gasteiger partial charge in [0.25, 0.3) is 0 Å². The van der Waals surface area contributed by atoms with Crippen molar-refractivity contribution in [2.75, 3.05) is 13.2 Å². The lowest BCUT2D eigenvalue weighted by Gasteiger charge is -2.39. The molecule has 3 aliphatic rings. The monoisotopic (exact) mass is 908 g/mol. The molecule has 0 atom stereocenters. The third kappa shape index (κ3) is 13.5. The van der Waals surface area contributed by atoms with Gasteiger partial charge in [-0.3, -0.25) is 0 Å². The van der Waals surface area contributed by atoms with Gasteiger partial charge < -0.3 is 48.0 Å². The molecule has 3 aliphatic heterocycles. The zero-order valence-electron chi connectivity index (χ0n) is 38.2. The molecular weight excluding hydrogens is 854 g/mol. The highest BCUT2D eigenvalue weighted by atomic mass is 19.1. The molecule has 14 nitrogen and oxygen atoms in total. The molecule has 0 bridgehead atoms. The average molecular weight is 908 g/mol. The number of aliphatic hydroxyl groups is 1. The summed E-state index contributed by atoms with van der Waals surface area (Å²) in [5.74, 6) is 1.42. The number of rotatable bonds is 10. The van der Waals surface area contributed by atoms with Crippen molar-refractivity contribution in [2.45, 2.75) is 105 Å². The first kappa shape index (κ1) is 53.7. The van der Waals surface area contributed by atoms with Crippen LogP contribution in [0.2, 0.25) is 0 Å². The van der Waals surface area contributed by atoms with Crippen LogP contribution in [0.25, 0.3) is 18.2 Å². The van der Waals surface area contributed by atoms with Gasteiger partial charge in [0.15, 0.2) is 0 Å². The Labute approximate surface area is 377 Å². The second-order valence-corrected chi connectivity index (χ2v) is 16.4. The fourth-order valence-electron chi connectivity index (χ4n) is 5.88. The normalized spacial score (nSPS) is 15.4. The molecule has 0 saturated carbocycles. The second kappa shape index (κ2) is 22.5. The van der Waals surface area contributed by atoms with Gasteiger partial charge in [-0.15, -0.1) is 0 Å². The van der Waals surface area contributed by atoms with Crippen LogP contribution in [0, 0.1) is 17.5 Å². The number of hydrogen-bond acceptors (Lipinski definition) is 14. The molecular formula is C45H54B3F3O14. The van der Waals surface area contributed by atoms with E-state index in [1.165, 1.54) is 30.2 Å². The lowest BCUT2D eigenvalue weighted by Crippen LogP contribution is -2.51. The second-order valence-electron chi connectivity index (χ2n) is 16.4. The highest BCUT2D eigenvalue weighted by molar-refractivity contribution is 6.53. The summed E-state index contributed by atoms with van der Waals surface area (Å²) < 4.78 is 79.1. The third-order valence-electron chi connectivity index (χ3n) is 10.8. The van der Waals surface area contributed by atoms with Crippen molar-refractivity contribution in [3.63, 3.8) is 0 Å². The predicted molar refractivity (Wildman–Crippen MR) is 237 cm³/mol. The first-order valence-electron chi connectivity index (χ1n) is 20.6. The number of phenols is 1. The van der Waals surface area contributed by atoms with Crippen molar-refractivity contribution in [2.24, 2.45) is 0 Å². The molecule has 65 heavy (non-hydrogen) atoms. The number of hydrogen-bond donors (Lipinski definition) is 3. The SMILES string of the molecule is CCOC(=O)c1c(F)ccc2c1OB(O)C=C2.CCOC(=O)c1c(F)ccc2c1OB(OC(C)(C)C(C)(C)O)C=C2.CCc1c(F)ccc(/C=C\B2OC(C)(C)C(C)(C)O2)c1O.O=C=O. The summed E-state index contributed by atoms with van der Waals surface area (Å²) in [6.07, 6.45) is 5.64. The van der Waals surface area contributed by atoms with Crippen molar-refractivity contribution in [3.05, 3.63) is 105 Å². The molecule has 0 aliphatic carbocycles. The maximum atomic E-state index is 14.1. The van der Waals surface area contributed by atoms with E-state index >= 15 is 0 Å². The number of halogens is 3. The quantitative estimate of drug-likeness (QED) is 0.133. The van der Waals surface area contributed by atoms with E-state index in [9.17, 15) is 38.0 Å². The molecule has 0 radical (unpaired) electrons. The van der Waals surface area contributed by atoms with Crippen molar-refractivity contribution < 1.29 is 80.3 Å². The number of fused-ring (bicyclic) bond motifs is 2. The largest absolute Gasteiger partial charge is 0.555 e. The van der Waals surface area contributed by atoms with Gasteiger partial charge in [-0.05, 0) is 124 Å². The number of benzene rings is 3. The van der Waals surface area contributed by atoms with Crippen LogP contribution in [-0.4, -0.2) is 90.3 Å². The number of carbonyl (C=O) groups excluding carboxylic acids is 4. The highest BCUT2D eigenvalue weighted by Crippen LogP contribution is 2.38. The van der Waals surface area contributed by atoms with Crippen LogP contribution >= 0.6 is 0 Å². The molecule has 3 aromatic rings. The van der Waals surface area contributed by atoms with Crippen molar-refractivity contribution in [1.29, 1.82) is 0 Å². The van der Waals surface area contributed by atoms with Crippen LogP contribution in [0.1, 0.15) is 119 Å². The average Bonchev–Trinajstić information content (AvgIpc) is 3.42. The van der Waals surface area contributed by atoms with Gasteiger partial charge in [-0.1, -0.05) is 31.1 Å². The molecule has 0 spiro atoms. The predicted octanol–water partition coefficient (Wildman–Crippen LogP) is 7.58. The number of aromatic hydroxyl groups is 1. The van der Waals surface area contributed by atoms with Crippen LogP contribution in [0.4, 0.5) is 13.2 Å². The van der Waals surface area contributed by atoms with E-state index in [-0.39, 0.29) is 53.6 Å². The minimum absolute atomic E-state index is 0.0125. The standard InChI is InChI=1S/C17H22BFO5.C16H22BFO3.C11H10BFO4.CO2/c1-6-22-15(20)13-12(19)8-7-11-9-10-18(23-14(11)13)24-17(4,5)16(2,3)21;1-6-12-13(18)8-7-11(14(12)19)9-10-17-20-15(2,3)16(4,5)21-17;1-2-16-11(14)9-8(13)4-3-7-5-6-12(15)17-10(7)9;2-1-3/h7-10,21H,6H2,1-5H3;7-10,19H,6H2,1-5H3;3-6,15H,2H2,1H3;/b;10-9-;;. The van der Waals surface area contributed by atoms with E-state index in [2.05, 4.69) is 0 Å². The summed E-state index contributed by atoms with van der Waals surface area (Å²) in [6.45, 7) is 19.9. The van der Waals surface area contributed by atoms with Gasteiger partial charge in [0.1, 0.15) is 45.8 Å². The van der Waals surface area contributed by atoms with Crippen LogP contribution in [-0.2, 0) is 39.4 Å². The Kier molecular flexibility index (Phi) is 18.6. The van der Waals surface area contributed by atoms with E-state index in [1.807, 2.05) is 27.7 Å². The van der Waals surface area contributed by atoms with Gasteiger partial charge in [0, 0.05) is 22.3 Å². The fraction of sp³-hybridized carbons (Fsp3) is 0.400. The number of ether oxygens (including phenoxy) is 2. The molecule has 348 valence electrons. The molecule has 6 rings (SSSR count). The zero-order chi connectivity index (χ0) is 49.1. The Balaban J connectivity index is 0.000000254. The number of esters is 2. The Morgan fingerprint density at radius 1 is 0.769 bits per heavy atom. The Hall–Kier alpha value is -5.62. The lowest BCUT2D eigenvalue weighted by molar-refractivity contribution is -0.191. The summed E-state index contributed by atoms with van der Waals surface area (Å²) in [5.41, 5.74) is -1.44. The van der Waals surface area contributed by atoms with Crippen molar-refractivity contribution in [1.82, 2.24) is 0 Å². The molecule has 0 unspecified atom stereocenters. The highest BCUT2D eigenvalue weighted by Gasteiger charge is 2.50. The van der Waals surface area contributed by atoms with Crippen molar-refractivity contribution in [3.8, 4) is 17.2 Å². The van der Waals surface area contributed by atoms with E-state index < -0.39 is 67.3 Å². The molecule has 0 aromatic heterocycles. The molecule has 3 aromatic carbocycles. The van der Waals surface area contributed by atoms with Gasteiger partial charge in [-0.2, -0.15) is 9.59 Å². The van der Waals surface area contributed by atoms with E-state index in [0.717, 1.165) is 6.07 Å². The summed E-state index contributed by atoms with van der Waals surface area (Å²) in [4.78, 5) is 39.9. The molecule has 20 heteroatoms. The van der Waals surface area contributed by atoms with Crippen LogP contribution in [0.3, 0.4) is 0 Å². The van der Waals surface area contributed by atoms with Crippen LogP contribution in [0.5, 0.6) is 17.2 Å². The summed E-state index contributed by atoms with van der Waals surface area (Å²) in [6, 6.07) is 8.25. The van der Waals surface area contributed by atoms with Gasteiger partial charge in [-0.25, -0.2) is 22.8 Å². The maximum Gasteiger partial charge on any atom is 0.555 e. The van der Waals surface area contributed by atoms with Crippen LogP contribution < -0.4 is 9.31 Å². The Bertz CT molecular complexity index is 2280. The topological polar surface area (TPSA) is 194 Å². The Morgan fingerprint density at radius 3 is 1.69 bits per heavy atom. The number of carbonyl (C=O) groups is 2. The number of phenolic OH excluding ortho intramolecular Hbond substituents is 1. The summed E-state index contributed by atoms with van der Waals surface area (Å²) >= 11 is 0.